The molecule has 0 radical (unpaired) electrons. The molecule has 1 unspecified atom stereocenters. The zero-order chi connectivity index (χ0) is 9.10. The monoisotopic (exact) mass is 181 g/mol. The van der Waals surface area contributed by atoms with Crippen molar-refractivity contribution in [2.45, 2.75) is 13.0 Å². The molecule has 1 saturated heterocycles. The van der Waals surface area contributed by atoms with Crippen molar-refractivity contribution in [1.29, 1.82) is 0 Å². The van der Waals surface area contributed by atoms with Gasteiger partial charge in [0.2, 0.25) is 5.88 Å². The third-order valence-corrected chi connectivity index (χ3v) is 2.48. The van der Waals surface area contributed by atoms with E-state index in [-0.39, 0.29) is 0 Å². The van der Waals surface area contributed by atoms with Gasteiger partial charge in [0.25, 0.3) is 0 Å². The highest BCUT2D eigenvalue weighted by atomic mass is 16.5. The minimum atomic E-state index is 0.703. The first-order valence-electron chi connectivity index (χ1n) is 4.66. The summed E-state index contributed by atoms with van der Waals surface area (Å²) in [6, 6.07) is 1.89. The van der Waals surface area contributed by atoms with Crippen LogP contribution in [-0.2, 0) is 6.54 Å². The molecule has 13 heavy (non-hydrogen) atoms. The average Bonchev–Trinajstić information content (AvgIpc) is 2.76. The van der Waals surface area contributed by atoms with E-state index in [1.807, 2.05) is 10.7 Å². The van der Waals surface area contributed by atoms with Crippen LogP contribution in [-0.4, -0.2) is 30.0 Å². The van der Waals surface area contributed by atoms with E-state index in [4.69, 9.17) is 4.74 Å². The molecule has 0 saturated carbocycles. The number of rotatable bonds is 3. The molecule has 4 heteroatoms. The van der Waals surface area contributed by atoms with Crippen LogP contribution in [0.3, 0.4) is 0 Å². The third-order valence-electron chi connectivity index (χ3n) is 2.48. The van der Waals surface area contributed by atoms with E-state index >= 15 is 0 Å². The van der Waals surface area contributed by atoms with Crippen molar-refractivity contribution in [1.82, 2.24) is 15.1 Å². The second kappa shape index (κ2) is 3.79. The Balaban J connectivity index is 1.99. The predicted molar refractivity (Wildman–Crippen MR) is 49.8 cm³/mol. The second-order valence-corrected chi connectivity index (χ2v) is 3.41. The lowest BCUT2D eigenvalue weighted by atomic mass is 10.1. The van der Waals surface area contributed by atoms with Crippen LogP contribution < -0.4 is 10.1 Å². The van der Waals surface area contributed by atoms with Crippen molar-refractivity contribution in [3.63, 3.8) is 0 Å². The fourth-order valence-electron chi connectivity index (χ4n) is 1.75. The van der Waals surface area contributed by atoms with Gasteiger partial charge in [0, 0.05) is 12.6 Å². The van der Waals surface area contributed by atoms with Gasteiger partial charge in [-0.05, 0) is 25.4 Å². The first kappa shape index (κ1) is 8.56. The summed E-state index contributed by atoms with van der Waals surface area (Å²) >= 11 is 0. The van der Waals surface area contributed by atoms with Crippen LogP contribution in [0.2, 0.25) is 0 Å². The van der Waals surface area contributed by atoms with E-state index in [1.54, 1.807) is 13.3 Å². The normalized spacial score (nSPS) is 22.1. The summed E-state index contributed by atoms with van der Waals surface area (Å²) in [6.07, 6.45) is 3.02. The number of aromatic nitrogens is 2. The van der Waals surface area contributed by atoms with Crippen LogP contribution >= 0.6 is 0 Å². The van der Waals surface area contributed by atoms with Crippen molar-refractivity contribution in [2.75, 3.05) is 20.2 Å². The molecule has 1 N–H and O–H groups in total. The summed E-state index contributed by atoms with van der Waals surface area (Å²) in [6.45, 7) is 3.19. The highest BCUT2D eigenvalue weighted by molar-refractivity contribution is 5.07. The van der Waals surface area contributed by atoms with Crippen molar-refractivity contribution < 1.29 is 4.74 Å². The maximum Gasteiger partial charge on any atom is 0.211 e. The van der Waals surface area contributed by atoms with Gasteiger partial charge in [-0.3, -0.25) is 0 Å². The molecule has 0 aliphatic carbocycles. The molecular formula is C9H15N3O. The minimum absolute atomic E-state index is 0.703. The molecule has 1 aliphatic rings. The molecule has 0 spiro atoms. The second-order valence-electron chi connectivity index (χ2n) is 3.41. The maximum atomic E-state index is 5.18. The smallest absolute Gasteiger partial charge is 0.211 e. The van der Waals surface area contributed by atoms with Crippen LogP contribution in [0.15, 0.2) is 12.3 Å². The summed E-state index contributed by atoms with van der Waals surface area (Å²) in [5.41, 5.74) is 0. The summed E-state index contributed by atoms with van der Waals surface area (Å²) in [4.78, 5) is 0. The van der Waals surface area contributed by atoms with E-state index in [1.165, 1.54) is 6.42 Å². The Morgan fingerprint density at radius 2 is 2.69 bits per heavy atom. The number of nitrogens with one attached hydrogen (secondary N) is 1. The Hall–Kier alpha value is -1.03. The Kier molecular flexibility index (Phi) is 2.49. The van der Waals surface area contributed by atoms with E-state index < -0.39 is 0 Å². The lowest BCUT2D eigenvalue weighted by molar-refractivity contribution is 0.337. The Morgan fingerprint density at radius 3 is 3.38 bits per heavy atom. The highest BCUT2D eigenvalue weighted by Gasteiger charge is 2.16. The van der Waals surface area contributed by atoms with Gasteiger partial charge in [-0.25, -0.2) is 4.68 Å². The van der Waals surface area contributed by atoms with Gasteiger partial charge in [0.1, 0.15) is 0 Å². The summed E-state index contributed by atoms with van der Waals surface area (Å²) < 4.78 is 7.10. The predicted octanol–water partition coefficient (Wildman–Crippen LogP) is 0.501. The molecule has 1 aliphatic heterocycles. The van der Waals surface area contributed by atoms with Gasteiger partial charge < -0.3 is 10.1 Å². The van der Waals surface area contributed by atoms with E-state index in [0.717, 1.165) is 25.5 Å². The minimum Gasteiger partial charge on any atom is -0.481 e. The quantitative estimate of drug-likeness (QED) is 0.738. The zero-order valence-corrected chi connectivity index (χ0v) is 7.86. The maximum absolute atomic E-state index is 5.18. The summed E-state index contributed by atoms with van der Waals surface area (Å²) in [5.74, 6) is 1.56. The van der Waals surface area contributed by atoms with Gasteiger partial charge in [-0.1, -0.05) is 0 Å². The first-order valence-corrected chi connectivity index (χ1v) is 4.66. The molecule has 0 bridgehead atoms. The molecule has 4 nitrogen and oxygen atoms in total. The Morgan fingerprint density at radius 1 is 1.77 bits per heavy atom. The molecule has 0 amide bonds. The van der Waals surface area contributed by atoms with Crippen LogP contribution in [0.1, 0.15) is 6.42 Å². The standard InChI is InChI=1S/C9H15N3O/c1-13-9-3-5-11-12(9)7-8-2-4-10-6-8/h3,5,8,10H,2,4,6-7H2,1H3. The van der Waals surface area contributed by atoms with Crippen molar-refractivity contribution in [3.05, 3.63) is 12.3 Å². The lowest BCUT2D eigenvalue weighted by Gasteiger charge is -2.10. The van der Waals surface area contributed by atoms with E-state index in [2.05, 4.69) is 10.4 Å². The molecular weight excluding hydrogens is 166 g/mol. The number of hydrogen-bond donors (Lipinski definition) is 1. The van der Waals surface area contributed by atoms with Gasteiger partial charge >= 0.3 is 0 Å². The molecule has 1 aromatic rings. The average molecular weight is 181 g/mol. The summed E-state index contributed by atoms with van der Waals surface area (Å²) in [5, 5.41) is 7.55. The fraction of sp³-hybridized carbons (Fsp3) is 0.667. The third kappa shape index (κ3) is 1.83. The van der Waals surface area contributed by atoms with Gasteiger partial charge in [0.15, 0.2) is 0 Å². The van der Waals surface area contributed by atoms with Crippen molar-refractivity contribution in [2.24, 2.45) is 5.92 Å². The van der Waals surface area contributed by atoms with Crippen LogP contribution in [0.5, 0.6) is 5.88 Å². The topological polar surface area (TPSA) is 39.1 Å². The van der Waals surface area contributed by atoms with E-state index in [0.29, 0.717) is 5.92 Å². The van der Waals surface area contributed by atoms with Gasteiger partial charge in [0.05, 0.1) is 13.3 Å². The lowest BCUT2D eigenvalue weighted by Crippen LogP contribution is -2.15. The molecule has 2 heterocycles. The van der Waals surface area contributed by atoms with Crippen LogP contribution in [0.25, 0.3) is 0 Å². The SMILES string of the molecule is COc1ccnn1CC1CCNC1. The number of methoxy groups -OCH3 is 1. The van der Waals surface area contributed by atoms with Crippen molar-refractivity contribution >= 4 is 0 Å². The van der Waals surface area contributed by atoms with Gasteiger partial charge in [-0.2, -0.15) is 5.10 Å². The fourth-order valence-corrected chi connectivity index (χ4v) is 1.75. The number of hydrogen-bond acceptors (Lipinski definition) is 3. The molecule has 72 valence electrons. The summed E-state index contributed by atoms with van der Waals surface area (Å²) in [7, 11) is 1.68. The molecule has 1 aromatic heterocycles. The van der Waals surface area contributed by atoms with Crippen LogP contribution in [0, 0.1) is 5.92 Å². The Bertz CT molecular complexity index is 266. The molecule has 1 fully saturated rings. The first-order chi connectivity index (χ1) is 6.40. The zero-order valence-electron chi connectivity index (χ0n) is 7.86. The number of ether oxygens (including phenoxy) is 1. The van der Waals surface area contributed by atoms with Gasteiger partial charge in [-0.15, -0.1) is 0 Å². The number of nitrogens with zero attached hydrogens (tertiary/aromatic N) is 2. The molecule has 0 aromatic carbocycles. The highest BCUT2D eigenvalue weighted by Crippen LogP contribution is 2.15. The molecule has 1 atom stereocenters. The van der Waals surface area contributed by atoms with E-state index in [9.17, 15) is 0 Å². The Labute approximate surface area is 77.9 Å². The largest absolute Gasteiger partial charge is 0.481 e. The van der Waals surface area contributed by atoms with Crippen LogP contribution in [0.4, 0.5) is 0 Å². The van der Waals surface area contributed by atoms with Crippen molar-refractivity contribution in [3.8, 4) is 5.88 Å². The molecule has 2 rings (SSSR count).